The molecule has 0 aliphatic carbocycles. The minimum atomic E-state index is 0.166. The van der Waals surface area contributed by atoms with Gasteiger partial charge in [0.25, 0.3) is 0 Å². The van der Waals surface area contributed by atoms with Crippen molar-refractivity contribution in [1.29, 1.82) is 0 Å². The van der Waals surface area contributed by atoms with Gasteiger partial charge in [-0.05, 0) is 31.6 Å². The van der Waals surface area contributed by atoms with Crippen molar-refractivity contribution >= 4 is 13.8 Å². The van der Waals surface area contributed by atoms with Crippen molar-refractivity contribution in [2.75, 3.05) is 19.4 Å². The average molecular weight is 213 g/mol. The van der Waals surface area contributed by atoms with Crippen molar-refractivity contribution in [2.24, 2.45) is 10.9 Å². The molecule has 1 saturated heterocycles. The van der Waals surface area contributed by atoms with Crippen LogP contribution in [0.5, 0.6) is 0 Å². The lowest BCUT2D eigenvalue weighted by Gasteiger charge is -2.14. The van der Waals surface area contributed by atoms with Gasteiger partial charge in [0.1, 0.15) is 6.61 Å². The Balaban J connectivity index is 2.02. The molecule has 0 amide bonds. The normalized spacial score (nSPS) is 37.4. The summed E-state index contributed by atoms with van der Waals surface area (Å²) in [4.78, 5) is 4.73. The molecule has 14 heavy (non-hydrogen) atoms. The summed E-state index contributed by atoms with van der Waals surface area (Å²) in [5.41, 5.74) is 0.689. The minimum Gasteiger partial charge on any atom is -0.478 e. The second-order valence-electron chi connectivity index (χ2n) is 4.73. The third kappa shape index (κ3) is 1.95. The maximum Gasteiger partial charge on any atom is 0.191 e. The van der Waals surface area contributed by atoms with E-state index in [1.165, 1.54) is 19.0 Å². The van der Waals surface area contributed by atoms with Gasteiger partial charge < -0.3 is 4.74 Å². The molecule has 0 aromatic carbocycles. The van der Waals surface area contributed by atoms with Crippen LogP contribution in [0, 0.1) is 5.92 Å². The van der Waals surface area contributed by atoms with Crippen molar-refractivity contribution in [3.05, 3.63) is 0 Å². The Labute approximate surface area is 87.9 Å². The van der Waals surface area contributed by atoms with Crippen molar-refractivity contribution < 1.29 is 4.74 Å². The summed E-state index contributed by atoms with van der Waals surface area (Å²) in [6.07, 6.45) is 4.10. The number of nitrogens with zero attached hydrogens (tertiary/aromatic N) is 1. The summed E-state index contributed by atoms with van der Waals surface area (Å²) < 4.78 is 5.75. The smallest absolute Gasteiger partial charge is 0.191 e. The molecule has 0 bridgehead atoms. The number of ether oxygens (including phenoxy) is 1. The molecule has 2 heterocycles. The third-order valence-corrected chi connectivity index (χ3v) is 5.83. The predicted octanol–water partition coefficient (Wildman–Crippen LogP) is 2.71. The molecular weight excluding hydrogens is 193 g/mol. The summed E-state index contributed by atoms with van der Waals surface area (Å²) in [6, 6.07) is 0.425. The first-order chi connectivity index (χ1) is 6.68. The highest BCUT2D eigenvalue weighted by molar-refractivity contribution is 7.59. The van der Waals surface area contributed by atoms with Gasteiger partial charge in [-0.1, -0.05) is 21.8 Å². The lowest BCUT2D eigenvalue weighted by Crippen LogP contribution is -2.15. The molecule has 1 fully saturated rings. The van der Waals surface area contributed by atoms with Crippen LogP contribution in [0.15, 0.2) is 4.99 Å². The van der Waals surface area contributed by atoms with Gasteiger partial charge in [0.2, 0.25) is 0 Å². The molecule has 3 atom stereocenters. The van der Waals surface area contributed by atoms with Crippen LogP contribution in [0.3, 0.4) is 0 Å². The molecule has 2 aliphatic heterocycles. The maximum atomic E-state index is 5.75. The highest BCUT2D eigenvalue weighted by atomic mass is 31.1. The standard InChI is InChI=1S/C11H20NOP/c1-8(2)9-7-13-11(12-9)10-5-4-6-14(10)3/h8-10H,4-7H2,1-3H3/t9-,10-,14+/m1/s1. The third-order valence-electron chi connectivity index (χ3n) is 3.27. The fourth-order valence-corrected chi connectivity index (χ4v) is 4.29. The second kappa shape index (κ2) is 4.18. The Kier molecular flexibility index (Phi) is 3.11. The van der Waals surface area contributed by atoms with E-state index in [1.807, 2.05) is 0 Å². The zero-order valence-corrected chi connectivity index (χ0v) is 10.3. The van der Waals surface area contributed by atoms with E-state index in [4.69, 9.17) is 9.73 Å². The van der Waals surface area contributed by atoms with Crippen LogP contribution in [0.4, 0.5) is 0 Å². The van der Waals surface area contributed by atoms with Gasteiger partial charge in [-0.2, -0.15) is 0 Å². The fraction of sp³-hybridized carbons (Fsp3) is 0.909. The SMILES string of the molecule is CC(C)[C@H]1COC([C@H]2CCC[P@]2C)=N1. The maximum absolute atomic E-state index is 5.75. The molecule has 0 N–H and O–H groups in total. The first-order valence-electron chi connectivity index (χ1n) is 5.59. The molecule has 0 unspecified atom stereocenters. The Morgan fingerprint density at radius 1 is 1.50 bits per heavy atom. The van der Waals surface area contributed by atoms with E-state index in [2.05, 4.69) is 20.5 Å². The Morgan fingerprint density at radius 2 is 2.29 bits per heavy atom. The van der Waals surface area contributed by atoms with Gasteiger partial charge in [0.05, 0.1) is 11.7 Å². The summed E-state index contributed by atoms with van der Waals surface area (Å²) >= 11 is 0. The molecule has 0 aromatic heterocycles. The molecule has 0 radical (unpaired) electrons. The van der Waals surface area contributed by atoms with Crippen LogP contribution in [-0.4, -0.2) is 37.0 Å². The Bertz CT molecular complexity index is 239. The van der Waals surface area contributed by atoms with E-state index in [-0.39, 0.29) is 7.92 Å². The molecule has 3 heteroatoms. The van der Waals surface area contributed by atoms with Gasteiger partial charge in [-0.15, -0.1) is 0 Å². The van der Waals surface area contributed by atoms with Crippen LogP contribution in [0.2, 0.25) is 0 Å². The largest absolute Gasteiger partial charge is 0.478 e. The van der Waals surface area contributed by atoms with E-state index in [0.29, 0.717) is 17.6 Å². The number of aliphatic imine (C=N–C) groups is 1. The first kappa shape index (κ1) is 10.4. The molecule has 2 rings (SSSR count). The molecule has 2 nitrogen and oxygen atoms in total. The summed E-state index contributed by atoms with van der Waals surface area (Å²) in [5.74, 6) is 1.71. The quantitative estimate of drug-likeness (QED) is 0.646. The lowest BCUT2D eigenvalue weighted by molar-refractivity contribution is 0.286. The van der Waals surface area contributed by atoms with Crippen LogP contribution >= 0.6 is 7.92 Å². The monoisotopic (exact) mass is 213 g/mol. The minimum absolute atomic E-state index is 0.166. The second-order valence-corrected chi connectivity index (χ2v) is 7.31. The van der Waals surface area contributed by atoms with Crippen LogP contribution in [-0.2, 0) is 4.74 Å². The molecule has 0 aromatic rings. The van der Waals surface area contributed by atoms with Crippen LogP contribution in [0.1, 0.15) is 26.7 Å². The summed E-state index contributed by atoms with van der Waals surface area (Å²) in [6.45, 7) is 7.67. The Morgan fingerprint density at radius 3 is 2.79 bits per heavy atom. The van der Waals surface area contributed by atoms with E-state index < -0.39 is 0 Å². The van der Waals surface area contributed by atoms with Crippen molar-refractivity contribution in [2.45, 2.75) is 38.4 Å². The summed E-state index contributed by atoms with van der Waals surface area (Å²) in [7, 11) is 0.166. The highest BCUT2D eigenvalue weighted by Crippen LogP contribution is 2.48. The average Bonchev–Trinajstić information content (AvgIpc) is 2.71. The fourth-order valence-electron chi connectivity index (χ4n) is 2.15. The number of hydrogen-bond donors (Lipinski definition) is 0. The topological polar surface area (TPSA) is 21.6 Å². The number of rotatable bonds is 2. The van der Waals surface area contributed by atoms with Crippen molar-refractivity contribution in [3.63, 3.8) is 0 Å². The van der Waals surface area contributed by atoms with E-state index >= 15 is 0 Å². The highest BCUT2D eigenvalue weighted by Gasteiger charge is 2.33. The van der Waals surface area contributed by atoms with Gasteiger partial charge >= 0.3 is 0 Å². The zero-order chi connectivity index (χ0) is 10.1. The zero-order valence-electron chi connectivity index (χ0n) is 9.36. The molecular formula is C11H20NOP. The molecule has 80 valence electrons. The van der Waals surface area contributed by atoms with Gasteiger partial charge in [-0.3, -0.25) is 0 Å². The first-order valence-corrected chi connectivity index (χ1v) is 7.63. The number of hydrogen-bond acceptors (Lipinski definition) is 2. The van der Waals surface area contributed by atoms with Crippen LogP contribution in [0.25, 0.3) is 0 Å². The van der Waals surface area contributed by atoms with Crippen LogP contribution < -0.4 is 0 Å². The summed E-state index contributed by atoms with van der Waals surface area (Å²) in [5, 5.41) is 0. The van der Waals surface area contributed by atoms with E-state index in [9.17, 15) is 0 Å². The van der Waals surface area contributed by atoms with E-state index in [1.54, 1.807) is 0 Å². The molecule has 0 spiro atoms. The molecule has 0 saturated carbocycles. The van der Waals surface area contributed by atoms with Gasteiger partial charge in [-0.25, -0.2) is 4.99 Å². The van der Waals surface area contributed by atoms with Gasteiger partial charge in [0.15, 0.2) is 5.90 Å². The predicted molar refractivity (Wildman–Crippen MR) is 62.7 cm³/mol. The van der Waals surface area contributed by atoms with E-state index in [0.717, 1.165) is 12.5 Å². The Hall–Kier alpha value is -0.100. The van der Waals surface area contributed by atoms with Gasteiger partial charge in [0, 0.05) is 0 Å². The van der Waals surface area contributed by atoms with Crippen molar-refractivity contribution in [1.82, 2.24) is 0 Å². The van der Waals surface area contributed by atoms with Crippen molar-refractivity contribution in [3.8, 4) is 0 Å². The lowest BCUT2D eigenvalue weighted by atomic mass is 10.1. The molecule has 2 aliphatic rings.